The maximum Gasteiger partial charge on any atom is 0.286 e. The molecule has 40 heavy (non-hydrogen) atoms. The molecule has 218 valence electrons. The van der Waals surface area contributed by atoms with Crippen LogP contribution in [0.4, 0.5) is 4.39 Å². The number of nitrogens with zero attached hydrogens (tertiary/aromatic N) is 1. The van der Waals surface area contributed by atoms with Gasteiger partial charge in [-0.2, -0.15) is 4.31 Å². The number of amides is 1. The van der Waals surface area contributed by atoms with Crippen molar-refractivity contribution >= 4 is 15.9 Å². The SMILES string of the molecule is COc1ccc(S(=O)(=O)N(CCO)CCO[C@@H]2C[C@H](c3ccc(F)cc3)C=C(C(=O)NC3CCCCC3)O2)cc1. The van der Waals surface area contributed by atoms with E-state index in [9.17, 15) is 22.7 Å². The van der Waals surface area contributed by atoms with E-state index in [0.717, 1.165) is 42.0 Å². The van der Waals surface area contributed by atoms with E-state index in [2.05, 4.69) is 5.32 Å². The van der Waals surface area contributed by atoms with Crippen LogP contribution in [0, 0.1) is 5.82 Å². The number of hydrogen-bond donors (Lipinski definition) is 2. The van der Waals surface area contributed by atoms with Crippen molar-refractivity contribution in [1.29, 1.82) is 0 Å². The summed E-state index contributed by atoms with van der Waals surface area (Å²) in [6.45, 7) is -0.552. The lowest BCUT2D eigenvalue weighted by Gasteiger charge is -2.31. The Morgan fingerprint density at radius 2 is 1.77 bits per heavy atom. The monoisotopic (exact) mass is 576 g/mol. The van der Waals surface area contributed by atoms with Gasteiger partial charge in [0.25, 0.3) is 5.91 Å². The van der Waals surface area contributed by atoms with Crippen LogP contribution in [-0.4, -0.2) is 69.5 Å². The second kappa shape index (κ2) is 14.1. The smallest absolute Gasteiger partial charge is 0.286 e. The molecule has 2 N–H and O–H groups in total. The minimum absolute atomic E-state index is 0.0340. The van der Waals surface area contributed by atoms with Crippen molar-refractivity contribution < 1.29 is 36.9 Å². The molecule has 0 radical (unpaired) electrons. The Bertz CT molecular complexity index is 1250. The summed E-state index contributed by atoms with van der Waals surface area (Å²) in [6, 6.07) is 12.2. The van der Waals surface area contributed by atoms with E-state index in [-0.39, 0.29) is 60.6 Å². The van der Waals surface area contributed by atoms with Gasteiger partial charge in [-0.05, 0) is 60.9 Å². The summed E-state index contributed by atoms with van der Waals surface area (Å²) in [7, 11) is -2.41. The number of nitrogens with one attached hydrogen (secondary N) is 1. The Balaban J connectivity index is 1.44. The van der Waals surface area contributed by atoms with Crippen LogP contribution in [0.1, 0.15) is 50.0 Å². The first kappa shape index (κ1) is 30.0. The van der Waals surface area contributed by atoms with E-state index in [1.54, 1.807) is 30.3 Å². The number of halogens is 1. The molecule has 1 saturated carbocycles. The molecule has 9 nitrogen and oxygen atoms in total. The average Bonchev–Trinajstić information content (AvgIpc) is 2.97. The summed E-state index contributed by atoms with van der Waals surface area (Å²) in [5, 5.41) is 12.6. The maximum atomic E-state index is 13.6. The van der Waals surface area contributed by atoms with Crippen LogP contribution in [0.15, 0.2) is 65.3 Å². The fraction of sp³-hybridized carbons (Fsp3) is 0.483. The van der Waals surface area contributed by atoms with Crippen molar-refractivity contribution in [1.82, 2.24) is 9.62 Å². The number of carbonyl (C=O) groups excluding carboxylic acids is 1. The van der Waals surface area contributed by atoms with Crippen molar-refractivity contribution in [2.45, 2.75) is 61.7 Å². The van der Waals surface area contributed by atoms with Gasteiger partial charge in [0, 0.05) is 31.5 Å². The van der Waals surface area contributed by atoms with Crippen LogP contribution in [0.25, 0.3) is 0 Å². The minimum Gasteiger partial charge on any atom is -0.497 e. The van der Waals surface area contributed by atoms with Crippen LogP contribution in [-0.2, 0) is 24.3 Å². The van der Waals surface area contributed by atoms with Gasteiger partial charge in [0.05, 0.1) is 25.2 Å². The summed E-state index contributed by atoms with van der Waals surface area (Å²) < 4.78 is 58.1. The largest absolute Gasteiger partial charge is 0.497 e. The van der Waals surface area contributed by atoms with Crippen molar-refractivity contribution in [3.63, 3.8) is 0 Å². The number of carbonyl (C=O) groups is 1. The highest BCUT2D eigenvalue weighted by molar-refractivity contribution is 7.89. The Morgan fingerprint density at radius 1 is 1.07 bits per heavy atom. The molecule has 2 aromatic rings. The molecule has 0 spiro atoms. The molecule has 1 aliphatic heterocycles. The summed E-state index contributed by atoms with van der Waals surface area (Å²) in [5.74, 6) is -0.281. The quantitative estimate of drug-likeness (QED) is 0.396. The number of methoxy groups -OCH3 is 1. The van der Waals surface area contributed by atoms with Crippen LogP contribution < -0.4 is 10.1 Å². The number of benzene rings is 2. The molecule has 1 aliphatic carbocycles. The van der Waals surface area contributed by atoms with Gasteiger partial charge in [-0.25, -0.2) is 12.8 Å². The van der Waals surface area contributed by atoms with Crippen molar-refractivity contribution in [3.05, 3.63) is 71.7 Å². The summed E-state index contributed by atoms with van der Waals surface area (Å²) in [5.41, 5.74) is 0.810. The summed E-state index contributed by atoms with van der Waals surface area (Å²) in [4.78, 5) is 13.2. The zero-order chi connectivity index (χ0) is 28.5. The molecule has 2 atom stereocenters. The van der Waals surface area contributed by atoms with Gasteiger partial charge in [-0.3, -0.25) is 4.79 Å². The zero-order valence-electron chi connectivity index (χ0n) is 22.6. The highest BCUT2D eigenvalue weighted by Crippen LogP contribution is 2.32. The standard InChI is InChI=1S/C29H37FN2O7S/c1-37-25-11-13-26(14-12-25)40(35,36)32(15-17-33)16-18-38-28-20-22(21-7-9-23(30)10-8-21)19-27(39-28)29(34)31-24-5-3-2-4-6-24/h7-14,19,22,24,28,33H,2-6,15-18,20H2,1H3,(H,31,34)/t22-,28+/m1/s1. The maximum absolute atomic E-state index is 13.6. The topological polar surface area (TPSA) is 114 Å². The number of aliphatic hydroxyl groups excluding tert-OH is 1. The summed E-state index contributed by atoms with van der Waals surface area (Å²) >= 11 is 0. The second-order valence-electron chi connectivity index (χ2n) is 9.95. The molecule has 11 heteroatoms. The second-order valence-corrected chi connectivity index (χ2v) is 11.9. The lowest BCUT2D eigenvalue weighted by molar-refractivity contribution is -0.147. The van der Waals surface area contributed by atoms with Crippen LogP contribution in [0.3, 0.4) is 0 Å². The molecule has 0 saturated heterocycles. The van der Waals surface area contributed by atoms with E-state index in [0.29, 0.717) is 12.2 Å². The van der Waals surface area contributed by atoms with Crippen LogP contribution >= 0.6 is 0 Å². The van der Waals surface area contributed by atoms with Gasteiger partial charge in [0.15, 0.2) is 5.76 Å². The van der Waals surface area contributed by atoms with E-state index in [1.165, 1.54) is 31.4 Å². The van der Waals surface area contributed by atoms with Crippen molar-refractivity contribution in [2.75, 3.05) is 33.4 Å². The van der Waals surface area contributed by atoms with Crippen LogP contribution in [0.5, 0.6) is 5.75 Å². The van der Waals surface area contributed by atoms with Crippen LogP contribution in [0.2, 0.25) is 0 Å². The molecular weight excluding hydrogens is 539 g/mol. The minimum atomic E-state index is -3.90. The highest BCUT2D eigenvalue weighted by atomic mass is 32.2. The zero-order valence-corrected chi connectivity index (χ0v) is 23.4. The van der Waals surface area contributed by atoms with Gasteiger partial charge >= 0.3 is 0 Å². The normalized spacial score (nSPS) is 20.1. The summed E-state index contributed by atoms with van der Waals surface area (Å²) in [6.07, 6.45) is 6.40. The Hall–Kier alpha value is -2.99. The lowest BCUT2D eigenvalue weighted by atomic mass is 9.92. The number of allylic oxidation sites excluding steroid dienone is 1. The molecule has 0 unspecified atom stereocenters. The predicted octanol–water partition coefficient (Wildman–Crippen LogP) is 3.70. The van der Waals surface area contributed by atoms with Gasteiger partial charge in [0.2, 0.25) is 16.3 Å². The molecule has 4 rings (SSSR count). The molecule has 1 heterocycles. The number of hydrogen-bond acceptors (Lipinski definition) is 7. The predicted molar refractivity (Wildman–Crippen MR) is 147 cm³/mol. The van der Waals surface area contributed by atoms with Crippen molar-refractivity contribution in [2.24, 2.45) is 0 Å². The third-order valence-corrected chi connectivity index (χ3v) is 9.12. The Morgan fingerprint density at radius 3 is 2.42 bits per heavy atom. The van der Waals surface area contributed by atoms with E-state index in [1.807, 2.05) is 0 Å². The van der Waals surface area contributed by atoms with Gasteiger partial charge in [0.1, 0.15) is 11.6 Å². The van der Waals surface area contributed by atoms with Crippen molar-refractivity contribution in [3.8, 4) is 5.75 Å². The van der Waals surface area contributed by atoms with Gasteiger partial charge < -0.3 is 24.6 Å². The molecule has 1 fully saturated rings. The van der Waals surface area contributed by atoms with E-state index >= 15 is 0 Å². The van der Waals surface area contributed by atoms with Gasteiger partial charge in [-0.15, -0.1) is 0 Å². The fourth-order valence-electron chi connectivity index (χ4n) is 5.01. The number of aliphatic hydroxyl groups is 1. The number of sulfonamides is 1. The molecular formula is C29H37FN2O7S. The number of rotatable bonds is 12. The Labute approximate surface area is 235 Å². The van der Waals surface area contributed by atoms with E-state index in [4.69, 9.17) is 14.2 Å². The Kier molecular flexibility index (Phi) is 10.5. The first-order valence-corrected chi connectivity index (χ1v) is 15.1. The third kappa shape index (κ3) is 7.81. The molecule has 0 bridgehead atoms. The fourth-order valence-corrected chi connectivity index (χ4v) is 6.43. The molecule has 2 aliphatic rings. The van der Waals surface area contributed by atoms with E-state index < -0.39 is 16.3 Å². The average molecular weight is 577 g/mol. The molecule has 1 amide bonds. The molecule has 0 aromatic heterocycles. The lowest BCUT2D eigenvalue weighted by Crippen LogP contribution is -2.40. The molecule has 2 aromatic carbocycles. The first-order valence-electron chi connectivity index (χ1n) is 13.6. The third-order valence-electron chi connectivity index (χ3n) is 7.21. The highest BCUT2D eigenvalue weighted by Gasteiger charge is 2.31. The van der Waals surface area contributed by atoms with Gasteiger partial charge in [-0.1, -0.05) is 31.4 Å². The number of ether oxygens (including phenoxy) is 3. The first-order chi connectivity index (χ1) is 19.3.